The Bertz CT molecular complexity index is 1550. The first-order valence-electron chi connectivity index (χ1n) is 14.3. The van der Waals surface area contributed by atoms with E-state index in [4.69, 9.17) is 14.2 Å². The van der Waals surface area contributed by atoms with Gasteiger partial charge in [0.2, 0.25) is 11.8 Å². The number of sulfonamides is 1. The molecule has 0 aliphatic heterocycles. The van der Waals surface area contributed by atoms with Gasteiger partial charge in [-0.2, -0.15) is 0 Å². The Balaban J connectivity index is 2.10. The highest BCUT2D eigenvalue weighted by Gasteiger charge is 2.33. The molecule has 1 N–H and O–H groups in total. The number of carbonyl (C=O) groups is 2. The number of rotatable bonds is 14. The van der Waals surface area contributed by atoms with Crippen LogP contribution < -0.4 is 23.8 Å². The lowest BCUT2D eigenvalue weighted by Gasteiger charge is -2.32. The van der Waals surface area contributed by atoms with E-state index in [1.165, 1.54) is 37.3 Å². The second kappa shape index (κ2) is 15.0. The largest absolute Gasteiger partial charge is 0.497 e. The number of methoxy groups -OCH3 is 3. The Morgan fingerprint density at radius 2 is 1.50 bits per heavy atom. The van der Waals surface area contributed by atoms with E-state index in [9.17, 15) is 18.0 Å². The van der Waals surface area contributed by atoms with Gasteiger partial charge in [-0.1, -0.05) is 32.0 Å². The maximum Gasteiger partial charge on any atom is 0.264 e. The molecule has 0 radical (unpaired) electrons. The molecule has 2 amide bonds. The van der Waals surface area contributed by atoms with E-state index in [1.54, 1.807) is 44.4 Å². The fraction of sp³-hybridized carbons (Fsp3) is 0.394. The van der Waals surface area contributed by atoms with Crippen LogP contribution in [0.4, 0.5) is 5.69 Å². The van der Waals surface area contributed by atoms with E-state index in [2.05, 4.69) is 5.32 Å². The standard InChI is InChI=1S/C33H43N3O7S/c1-22(2)19-34-33(38)25(5)35(20-26-10-9-11-28(17-26)41-6)32(37)21-36(27-15-23(3)14-24(4)16-27)44(39,40)29-12-13-30(42-7)31(18-29)43-8/h9-18,22,25H,19-21H2,1-8H3,(H,34,38)/t25-/m1/s1. The van der Waals surface area contributed by atoms with E-state index in [0.29, 0.717) is 23.7 Å². The van der Waals surface area contributed by atoms with E-state index < -0.39 is 28.5 Å². The summed E-state index contributed by atoms with van der Waals surface area (Å²) in [5.74, 6) is 0.514. The number of carbonyl (C=O) groups excluding carboxylic acids is 2. The van der Waals surface area contributed by atoms with Crippen LogP contribution in [0.1, 0.15) is 37.5 Å². The minimum absolute atomic E-state index is 0.0589. The van der Waals surface area contributed by atoms with Crippen LogP contribution in [0.15, 0.2) is 65.6 Å². The van der Waals surface area contributed by atoms with Crippen molar-refractivity contribution in [2.24, 2.45) is 5.92 Å². The molecular weight excluding hydrogens is 582 g/mol. The minimum Gasteiger partial charge on any atom is -0.497 e. The molecule has 0 aliphatic carbocycles. The van der Waals surface area contributed by atoms with Crippen LogP contribution in [0.5, 0.6) is 17.2 Å². The molecule has 3 rings (SSSR count). The normalized spacial score (nSPS) is 11.9. The predicted molar refractivity (Wildman–Crippen MR) is 171 cm³/mol. The van der Waals surface area contributed by atoms with E-state index in [-0.39, 0.29) is 29.0 Å². The van der Waals surface area contributed by atoms with Crippen molar-refractivity contribution in [3.8, 4) is 17.2 Å². The van der Waals surface area contributed by atoms with E-state index in [1.807, 2.05) is 39.8 Å². The van der Waals surface area contributed by atoms with E-state index in [0.717, 1.165) is 21.0 Å². The van der Waals surface area contributed by atoms with Gasteiger partial charge in [0.1, 0.15) is 18.3 Å². The van der Waals surface area contributed by atoms with Crippen molar-refractivity contribution in [1.82, 2.24) is 10.2 Å². The molecule has 0 aliphatic rings. The number of amides is 2. The summed E-state index contributed by atoms with van der Waals surface area (Å²) in [4.78, 5) is 28.7. The van der Waals surface area contributed by atoms with Crippen molar-refractivity contribution in [2.75, 3.05) is 38.7 Å². The van der Waals surface area contributed by atoms with Gasteiger partial charge in [-0.3, -0.25) is 13.9 Å². The summed E-state index contributed by atoms with van der Waals surface area (Å²) in [6, 6.07) is 15.9. The van der Waals surface area contributed by atoms with E-state index >= 15 is 0 Å². The molecule has 0 saturated carbocycles. The Morgan fingerprint density at radius 1 is 0.841 bits per heavy atom. The first-order valence-corrected chi connectivity index (χ1v) is 15.8. The molecule has 238 valence electrons. The van der Waals surface area contributed by atoms with Gasteiger partial charge in [0.05, 0.1) is 31.9 Å². The quantitative estimate of drug-likeness (QED) is 0.276. The van der Waals surface area contributed by atoms with Crippen LogP contribution in [0.2, 0.25) is 0 Å². The van der Waals surface area contributed by atoms with Crippen LogP contribution >= 0.6 is 0 Å². The maximum absolute atomic E-state index is 14.3. The van der Waals surface area contributed by atoms with Crippen LogP contribution in [-0.4, -0.2) is 65.6 Å². The Morgan fingerprint density at radius 3 is 2.09 bits per heavy atom. The Kier molecular flexibility index (Phi) is 11.6. The van der Waals surface area contributed by atoms with Gasteiger partial charge < -0.3 is 24.4 Å². The highest BCUT2D eigenvalue weighted by molar-refractivity contribution is 7.92. The zero-order chi connectivity index (χ0) is 32.6. The number of benzene rings is 3. The van der Waals surface area contributed by atoms with Crippen molar-refractivity contribution in [1.29, 1.82) is 0 Å². The van der Waals surface area contributed by atoms with Crippen molar-refractivity contribution in [2.45, 2.75) is 52.1 Å². The number of nitrogens with one attached hydrogen (secondary N) is 1. The molecule has 0 heterocycles. The Hall–Kier alpha value is -4.25. The SMILES string of the molecule is COc1cccc(CN(C(=O)CN(c2cc(C)cc(C)c2)S(=O)(=O)c2ccc(OC)c(OC)c2)[C@H](C)C(=O)NCC(C)C)c1. The lowest BCUT2D eigenvalue weighted by atomic mass is 10.1. The van der Waals surface area contributed by atoms with Crippen LogP contribution in [0.3, 0.4) is 0 Å². The summed E-state index contributed by atoms with van der Waals surface area (Å²) < 4.78 is 45.6. The van der Waals surface area contributed by atoms with Crippen LogP contribution in [-0.2, 0) is 26.2 Å². The fourth-order valence-corrected chi connectivity index (χ4v) is 6.14. The average molecular weight is 626 g/mol. The molecule has 11 heteroatoms. The number of hydrogen-bond acceptors (Lipinski definition) is 7. The van der Waals surface area contributed by atoms with Crippen molar-refractivity contribution in [3.05, 3.63) is 77.4 Å². The average Bonchev–Trinajstić information content (AvgIpc) is 2.99. The summed E-state index contributed by atoms with van der Waals surface area (Å²) in [5, 5.41) is 2.89. The van der Waals surface area contributed by atoms with Gasteiger partial charge >= 0.3 is 0 Å². The highest BCUT2D eigenvalue weighted by Crippen LogP contribution is 2.33. The Labute approximate surface area is 261 Å². The molecule has 44 heavy (non-hydrogen) atoms. The minimum atomic E-state index is -4.30. The topological polar surface area (TPSA) is 114 Å². The predicted octanol–water partition coefficient (Wildman–Crippen LogP) is 4.71. The van der Waals surface area contributed by atoms with Crippen LogP contribution in [0.25, 0.3) is 0 Å². The summed E-state index contributed by atoms with van der Waals surface area (Å²) in [6.07, 6.45) is 0. The molecule has 3 aromatic carbocycles. The van der Waals surface area contributed by atoms with Crippen molar-refractivity contribution in [3.63, 3.8) is 0 Å². The van der Waals surface area contributed by atoms with Gasteiger partial charge in [-0.15, -0.1) is 0 Å². The molecular formula is C33H43N3O7S. The van der Waals surface area contributed by atoms with Crippen LogP contribution in [0, 0.1) is 19.8 Å². The first kappa shape index (κ1) is 34.2. The van der Waals surface area contributed by atoms with Gasteiger partial charge in [0, 0.05) is 19.2 Å². The van der Waals surface area contributed by atoms with Gasteiger partial charge in [0.25, 0.3) is 10.0 Å². The van der Waals surface area contributed by atoms with Crippen molar-refractivity contribution >= 4 is 27.5 Å². The molecule has 1 atom stereocenters. The highest BCUT2D eigenvalue weighted by atomic mass is 32.2. The van der Waals surface area contributed by atoms with Gasteiger partial charge in [-0.25, -0.2) is 8.42 Å². The summed E-state index contributed by atoms with van der Waals surface area (Å²) >= 11 is 0. The molecule has 0 bridgehead atoms. The first-order chi connectivity index (χ1) is 20.8. The molecule has 0 spiro atoms. The lowest BCUT2D eigenvalue weighted by molar-refractivity contribution is -0.139. The molecule has 0 aromatic heterocycles. The fourth-order valence-electron chi connectivity index (χ4n) is 4.73. The maximum atomic E-state index is 14.3. The number of aryl methyl sites for hydroxylation is 2. The van der Waals surface area contributed by atoms with Gasteiger partial charge in [-0.05, 0) is 79.8 Å². The second-order valence-corrected chi connectivity index (χ2v) is 12.9. The zero-order valence-corrected chi connectivity index (χ0v) is 27.5. The summed E-state index contributed by atoms with van der Waals surface area (Å²) in [5.41, 5.74) is 2.70. The number of ether oxygens (including phenoxy) is 3. The number of anilines is 1. The zero-order valence-electron chi connectivity index (χ0n) is 26.7. The second-order valence-electron chi connectivity index (χ2n) is 11.1. The molecule has 0 unspecified atom stereocenters. The van der Waals surface area contributed by atoms with Gasteiger partial charge in [0.15, 0.2) is 11.5 Å². The third-order valence-corrected chi connectivity index (χ3v) is 8.83. The number of hydrogen-bond donors (Lipinski definition) is 1. The van der Waals surface area contributed by atoms with Crippen molar-refractivity contribution < 1.29 is 32.2 Å². The third kappa shape index (κ3) is 8.43. The summed E-state index contributed by atoms with van der Waals surface area (Å²) in [6.45, 7) is 9.25. The molecule has 0 saturated heterocycles. The number of nitrogens with zero attached hydrogens (tertiary/aromatic N) is 2. The molecule has 0 fully saturated rings. The molecule has 10 nitrogen and oxygen atoms in total. The lowest BCUT2D eigenvalue weighted by Crippen LogP contribution is -2.51. The monoisotopic (exact) mass is 625 g/mol. The summed E-state index contributed by atoms with van der Waals surface area (Å²) in [7, 11) is 0.130. The molecule has 3 aromatic rings. The third-order valence-electron chi connectivity index (χ3n) is 7.06. The smallest absolute Gasteiger partial charge is 0.264 e.